The predicted molar refractivity (Wildman–Crippen MR) is 119 cm³/mol. The number of hydrogen-bond acceptors (Lipinski definition) is 3. The van der Waals surface area contributed by atoms with E-state index in [2.05, 4.69) is 34.6 Å². The number of ether oxygens (including phenoxy) is 1. The van der Waals surface area contributed by atoms with Crippen LogP contribution in [0.15, 0.2) is 71.5 Å². The minimum absolute atomic E-state index is 0.0613. The molecule has 152 valence electrons. The Kier molecular flexibility index (Phi) is 5.80. The van der Waals surface area contributed by atoms with Crippen molar-refractivity contribution in [2.45, 2.75) is 19.3 Å². The van der Waals surface area contributed by atoms with Crippen LogP contribution in [0.5, 0.6) is 0 Å². The number of fused-ring (bicyclic) bond motifs is 3. The second kappa shape index (κ2) is 8.82. The lowest BCUT2D eigenvalue weighted by atomic mass is 9.98. The molecule has 0 atom stereocenters. The summed E-state index contributed by atoms with van der Waals surface area (Å²) in [6.07, 6.45) is 4.16. The lowest BCUT2D eigenvalue weighted by Gasteiger charge is -2.14. The zero-order valence-electron chi connectivity index (χ0n) is 16.9. The Morgan fingerprint density at radius 3 is 2.37 bits per heavy atom. The van der Waals surface area contributed by atoms with Gasteiger partial charge in [-0.1, -0.05) is 60.7 Å². The van der Waals surface area contributed by atoms with Crippen molar-refractivity contribution in [3.8, 4) is 11.1 Å². The van der Waals surface area contributed by atoms with Crippen molar-refractivity contribution in [3.63, 3.8) is 0 Å². The van der Waals surface area contributed by atoms with Crippen molar-refractivity contribution >= 4 is 12.2 Å². The van der Waals surface area contributed by atoms with Crippen LogP contribution in [-0.2, 0) is 4.74 Å². The van der Waals surface area contributed by atoms with E-state index in [1.165, 1.54) is 28.3 Å². The van der Waals surface area contributed by atoms with Gasteiger partial charge in [-0.2, -0.15) is 0 Å². The van der Waals surface area contributed by atoms with Gasteiger partial charge in [-0.25, -0.2) is 4.79 Å². The molecule has 1 amide bonds. The Balaban J connectivity index is 1.28. The predicted octanol–water partition coefficient (Wildman–Crippen LogP) is 4.63. The molecule has 1 aliphatic carbocycles. The fourth-order valence-electron chi connectivity index (χ4n) is 3.89. The number of aryl methyl sites for hydroxylation is 1. The molecule has 0 unspecified atom stereocenters. The van der Waals surface area contributed by atoms with E-state index in [-0.39, 0.29) is 11.5 Å². The van der Waals surface area contributed by atoms with Crippen molar-refractivity contribution < 1.29 is 9.53 Å². The zero-order valence-corrected chi connectivity index (χ0v) is 16.9. The Labute approximate surface area is 175 Å². The van der Waals surface area contributed by atoms with Crippen LogP contribution >= 0.6 is 0 Å². The van der Waals surface area contributed by atoms with E-state index < -0.39 is 6.09 Å². The molecular weight excluding hydrogens is 376 g/mol. The van der Waals surface area contributed by atoms with Gasteiger partial charge in [0, 0.05) is 24.2 Å². The lowest BCUT2D eigenvalue weighted by molar-refractivity contribution is 0.143. The molecular formula is C25H24N2O3. The van der Waals surface area contributed by atoms with Crippen molar-refractivity contribution in [1.82, 2.24) is 10.3 Å². The first-order chi connectivity index (χ1) is 14.6. The summed E-state index contributed by atoms with van der Waals surface area (Å²) in [6.45, 7) is 2.65. The molecule has 0 aliphatic heterocycles. The number of H-pyrrole nitrogens is 1. The maximum absolute atomic E-state index is 12.2. The minimum Gasteiger partial charge on any atom is -0.449 e. The second-order valence-electron chi connectivity index (χ2n) is 7.35. The molecule has 5 heteroatoms. The highest BCUT2D eigenvalue weighted by molar-refractivity contribution is 5.79. The van der Waals surface area contributed by atoms with Gasteiger partial charge in [0.25, 0.3) is 0 Å². The molecule has 1 heterocycles. The van der Waals surface area contributed by atoms with Crippen molar-refractivity contribution in [2.24, 2.45) is 0 Å². The Hall–Kier alpha value is -3.60. The fraction of sp³-hybridized carbons (Fsp3) is 0.200. The molecule has 0 saturated heterocycles. The summed E-state index contributed by atoms with van der Waals surface area (Å²) in [5.74, 6) is 0.0613. The number of pyridine rings is 1. The molecule has 0 spiro atoms. The summed E-state index contributed by atoms with van der Waals surface area (Å²) in [5, 5.41) is 2.79. The van der Waals surface area contributed by atoms with E-state index in [0.717, 1.165) is 11.3 Å². The molecule has 2 aromatic carbocycles. The largest absolute Gasteiger partial charge is 0.449 e. The summed E-state index contributed by atoms with van der Waals surface area (Å²) < 4.78 is 5.52. The van der Waals surface area contributed by atoms with E-state index in [1.54, 1.807) is 6.07 Å². The molecule has 2 N–H and O–H groups in total. The highest BCUT2D eigenvalue weighted by Crippen LogP contribution is 2.44. The highest BCUT2D eigenvalue weighted by atomic mass is 16.5. The van der Waals surface area contributed by atoms with Crippen LogP contribution in [0.1, 0.15) is 34.7 Å². The van der Waals surface area contributed by atoms with Crippen LogP contribution in [0.2, 0.25) is 0 Å². The van der Waals surface area contributed by atoms with Gasteiger partial charge < -0.3 is 15.0 Å². The third-order valence-corrected chi connectivity index (χ3v) is 5.38. The third-order valence-electron chi connectivity index (χ3n) is 5.38. The summed E-state index contributed by atoms with van der Waals surface area (Å²) in [7, 11) is 0. The fourth-order valence-corrected chi connectivity index (χ4v) is 3.89. The molecule has 0 bridgehead atoms. The summed E-state index contributed by atoms with van der Waals surface area (Å²) >= 11 is 0. The van der Waals surface area contributed by atoms with Gasteiger partial charge in [-0.15, -0.1) is 0 Å². The summed E-state index contributed by atoms with van der Waals surface area (Å²) in [6, 6.07) is 19.8. The molecule has 4 rings (SSSR count). The van der Waals surface area contributed by atoms with Crippen molar-refractivity contribution in [2.75, 3.05) is 13.2 Å². The molecule has 0 fully saturated rings. The molecule has 1 aliphatic rings. The number of amides is 1. The standard InChI is InChI=1S/C25H24N2O3/c1-17-18(13-14-24(28)27-17)8-6-7-15-26-25(29)30-16-23-21-11-4-2-9-19(21)20-10-3-5-12-22(20)23/h2-6,8-14,23H,7,15-16H2,1H3,(H,26,29)(H,27,28). The average Bonchev–Trinajstić information content (AvgIpc) is 3.07. The Morgan fingerprint density at radius 2 is 1.70 bits per heavy atom. The van der Waals surface area contributed by atoms with Crippen LogP contribution in [0.4, 0.5) is 4.79 Å². The smallest absolute Gasteiger partial charge is 0.407 e. The number of alkyl carbamates (subject to hydrolysis) is 1. The lowest BCUT2D eigenvalue weighted by Crippen LogP contribution is -2.26. The van der Waals surface area contributed by atoms with Gasteiger partial charge in [0.1, 0.15) is 6.61 Å². The first-order valence-corrected chi connectivity index (χ1v) is 10.1. The van der Waals surface area contributed by atoms with Crippen LogP contribution in [0.25, 0.3) is 17.2 Å². The van der Waals surface area contributed by atoms with Gasteiger partial charge in [0.05, 0.1) is 0 Å². The van der Waals surface area contributed by atoms with Gasteiger partial charge >= 0.3 is 6.09 Å². The number of aromatic amines is 1. The van der Waals surface area contributed by atoms with E-state index in [9.17, 15) is 9.59 Å². The van der Waals surface area contributed by atoms with Gasteiger partial charge in [-0.05, 0) is 47.2 Å². The van der Waals surface area contributed by atoms with Crippen molar-refractivity contribution in [1.29, 1.82) is 0 Å². The summed E-state index contributed by atoms with van der Waals surface area (Å²) in [5.41, 5.74) is 6.49. The number of rotatable bonds is 6. The number of carbonyl (C=O) groups is 1. The van der Waals surface area contributed by atoms with Crippen LogP contribution in [0.3, 0.4) is 0 Å². The molecule has 0 radical (unpaired) electrons. The van der Waals surface area contributed by atoms with E-state index in [1.807, 2.05) is 43.3 Å². The molecule has 0 saturated carbocycles. The number of benzene rings is 2. The molecule has 30 heavy (non-hydrogen) atoms. The average molecular weight is 400 g/mol. The number of carbonyl (C=O) groups excluding carboxylic acids is 1. The second-order valence-corrected chi connectivity index (χ2v) is 7.35. The summed E-state index contributed by atoms with van der Waals surface area (Å²) in [4.78, 5) is 26.2. The Bertz CT molecular complexity index is 1100. The Morgan fingerprint density at radius 1 is 1.03 bits per heavy atom. The van der Waals surface area contributed by atoms with Crippen LogP contribution in [-0.4, -0.2) is 24.2 Å². The number of aromatic nitrogens is 1. The minimum atomic E-state index is -0.412. The maximum Gasteiger partial charge on any atom is 0.407 e. The van der Waals surface area contributed by atoms with Gasteiger partial charge in [0.15, 0.2) is 0 Å². The first kappa shape index (κ1) is 19.7. The number of hydrogen-bond donors (Lipinski definition) is 2. The zero-order chi connectivity index (χ0) is 20.9. The quantitative estimate of drug-likeness (QED) is 0.593. The van der Waals surface area contributed by atoms with E-state index in [4.69, 9.17) is 4.74 Å². The molecule has 3 aromatic rings. The number of nitrogens with one attached hydrogen (secondary N) is 2. The van der Waals surface area contributed by atoms with E-state index >= 15 is 0 Å². The molecule has 1 aromatic heterocycles. The highest BCUT2D eigenvalue weighted by Gasteiger charge is 2.28. The monoisotopic (exact) mass is 400 g/mol. The van der Waals surface area contributed by atoms with Gasteiger partial charge in [0.2, 0.25) is 5.56 Å². The maximum atomic E-state index is 12.2. The van der Waals surface area contributed by atoms with Crippen LogP contribution < -0.4 is 10.9 Å². The topological polar surface area (TPSA) is 71.2 Å². The normalized spacial score (nSPS) is 12.6. The van der Waals surface area contributed by atoms with E-state index in [0.29, 0.717) is 19.6 Å². The SMILES string of the molecule is Cc1[nH]c(=O)ccc1C=CCCNC(=O)OCC1c2ccccc2-c2ccccc21. The van der Waals surface area contributed by atoms with Crippen molar-refractivity contribution in [3.05, 3.63) is 99.5 Å². The first-order valence-electron chi connectivity index (χ1n) is 10.1. The van der Waals surface area contributed by atoms with Crippen LogP contribution in [0, 0.1) is 6.92 Å². The van der Waals surface area contributed by atoms with Gasteiger partial charge in [-0.3, -0.25) is 4.79 Å². The molecule has 5 nitrogen and oxygen atoms in total. The third kappa shape index (κ3) is 4.20.